The third-order valence-corrected chi connectivity index (χ3v) is 3.62. The van der Waals surface area contributed by atoms with E-state index < -0.39 is 5.63 Å². The first-order valence-corrected chi connectivity index (χ1v) is 6.81. The Hall–Kier alpha value is -2.75. The minimum absolute atomic E-state index is 0.0464. The summed E-state index contributed by atoms with van der Waals surface area (Å²) in [5.74, 6) is -0.628. The Morgan fingerprint density at radius 1 is 1.05 bits per heavy atom. The van der Waals surface area contributed by atoms with Crippen LogP contribution in [0.25, 0.3) is 22.1 Å². The third-order valence-electron chi connectivity index (χ3n) is 3.62. The fourth-order valence-electron chi connectivity index (χ4n) is 2.45. The van der Waals surface area contributed by atoms with Gasteiger partial charge < -0.3 is 4.42 Å². The van der Waals surface area contributed by atoms with E-state index in [1.807, 2.05) is 13.0 Å². The first-order valence-electron chi connectivity index (χ1n) is 6.81. The van der Waals surface area contributed by atoms with Crippen LogP contribution in [0.5, 0.6) is 0 Å². The van der Waals surface area contributed by atoms with Gasteiger partial charge in [0.25, 0.3) is 0 Å². The van der Waals surface area contributed by atoms with Crippen molar-refractivity contribution in [3.8, 4) is 11.1 Å². The predicted molar refractivity (Wildman–Crippen MR) is 82.6 cm³/mol. The zero-order valence-corrected chi connectivity index (χ0v) is 12.1. The maximum Gasteiger partial charge on any atom is 0.347 e. The lowest BCUT2D eigenvalue weighted by Crippen LogP contribution is -2.11. The molecule has 0 aliphatic carbocycles. The van der Waals surface area contributed by atoms with Crippen LogP contribution in [-0.2, 0) is 0 Å². The molecule has 3 nitrogen and oxygen atoms in total. The molecule has 0 fully saturated rings. The Balaban J connectivity index is 2.25. The van der Waals surface area contributed by atoms with Crippen LogP contribution in [0.2, 0.25) is 0 Å². The largest absolute Gasteiger partial charge is 0.422 e. The summed E-state index contributed by atoms with van der Waals surface area (Å²) in [4.78, 5) is 23.3. The summed E-state index contributed by atoms with van der Waals surface area (Å²) in [6, 6.07) is 11.3. The van der Waals surface area contributed by atoms with Gasteiger partial charge in [0.1, 0.15) is 17.0 Å². The summed E-state index contributed by atoms with van der Waals surface area (Å²) >= 11 is 0. The van der Waals surface area contributed by atoms with E-state index >= 15 is 0 Å². The summed E-state index contributed by atoms with van der Waals surface area (Å²) in [6.45, 7) is 3.21. The van der Waals surface area contributed by atoms with Crippen molar-refractivity contribution in [1.82, 2.24) is 0 Å². The van der Waals surface area contributed by atoms with Crippen LogP contribution in [-0.4, -0.2) is 5.78 Å². The van der Waals surface area contributed by atoms with Gasteiger partial charge >= 0.3 is 5.63 Å². The van der Waals surface area contributed by atoms with Crippen molar-refractivity contribution in [3.63, 3.8) is 0 Å². The monoisotopic (exact) mass is 296 g/mol. The number of fused-ring (bicyclic) bond motifs is 1. The molecule has 0 aliphatic rings. The zero-order chi connectivity index (χ0) is 15.9. The number of hydrogen-bond donors (Lipinski definition) is 0. The molecule has 0 aliphatic heterocycles. The molecule has 0 N–H and O–H groups in total. The Bertz CT molecular complexity index is 937. The number of rotatable bonds is 2. The van der Waals surface area contributed by atoms with Gasteiger partial charge in [0.2, 0.25) is 0 Å². The molecule has 0 saturated carbocycles. The van der Waals surface area contributed by atoms with Crippen molar-refractivity contribution in [2.75, 3.05) is 0 Å². The number of carbonyl (C=O) groups excluding carboxylic acids is 1. The minimum atomic E-state index is -0.643. The summed E-state index contributed by atoms with van der Waals surface area (Å²) < 4.78 is 18.3. The number of halogens is 1. The number of benzene rings is 2. The van der Waals surface area contributed by atoms with Crippen molar-refractivity contribution in [2.45, 2.75) is 13.8 Å². The maximum atomic E-state index is 13.0. The Labute approximate surface area is 126 Å². The number of carbonyl (C=O) groups is 1. The van der Waals surface area contributed by atoms with Crippen LogP contribution in [0, 0.1) is 12.7 Å². The second-order valence-electron chi connectivity index (χ2n) is 5.22. The molecule has 2 aromatic carbocycles. The van der Waals surface area contributed by atoms with E-state index in [2.05, 4.69) is 0 Å². The molecule has 0 radical (unpaired) electrons. The molecule has 4 heteroatoms. The molecule has 3 aromatic rings. The van der Waals surface area contributed by atoms with E-state index in [9.17, 15) is 14.0 Å². The lowest BCUT2D eigenvalue weighted by Gasteiger charge is -2.07. The van der Waals surface area contributed by atoms with Crippen LogP contribution >= 0.6 is 0 Å². The highest BCUT2D eigenvalue weighted by molar-refractivity contribution is 5.97. The van der Waals surface area contributed by atoms with Gasteiger partial charge in [-0.1, -0.05) is 18.2 Å². The summed E-state index contributed by atoms with van der Waals surface area (Å²) in [5.41, 5.74) is 2.34. The predicted octanol–water partition coefficient (Wildman–Crippen LogP) is 4.11. The molecule has 110 valence electrons. The topological polar surface area (TPSA) is 47.3 Å². The fourth-order valence-corrected chi connectivity index (χ4v) is 2.45. The highest BCUT2D eigenvalue weighted by Crippen LogP contribution is 2.27. The van der Waals surface area contributed by atoms with Gasteiger partial charge in [-0.3, -0.25) is 4.79 Å². The smallest absolute Gasteiger partial charge is 0.347 e. The average Bonchev–Trinajstić information content (AvgIpc) is 2.46. The van der Waals surface area contributed by atoms with E-state index in [0.29, 0.717) is 5.58 Å². The molecule has 0 bridgehead atoms. The molecule has 0 atom stereocenters. The molecule has 0 saturated heterocycles. The van der Waals surface area contributed by atoms with Crippen LogP contribution in [0.15, 0.2) is 51.7 Å². The quantitative estimate of drug-likeness (QED) is 0.528. The SMILES string of the molecule is CC(=O)c1cc2c(C)cc(-c3ccc(F)cc3)cc2oc1=O. The zero-order valence-electron chi connectivity index (χ0n) is 12.1. The highest BCUT2D eigenvalue weighted by Gasteiger charge is 2.12. The first kappa shape index (κ1) is 14.2. The van der Waals surface area contributed by atoms with Crippen molar-refractivity contribution in [1.29, 1.82) is 0 Å². The second kappa shape index (κ2) is 5.22. The van der Waals surface area contributed by atoms with Crippen LogP contribution in [0.1, 0.15) is 22.8 Å². The van der Waals surface area contributed by atoms with Crippen LogP contribution in [0.3, 0.4) is 0 Å². The van der Waals surface area contributed by atoms with Gasteiger partial charge in [0.05, 0.1) is 0 Å². The van der Waals surface area contributed by atoms with Gasteiger partial charge in [0, 0.05) is 5.39 Å². The molecule has 1 aromatic heterocycles. The molecule has 1 heterocycles. The van der Waals surface area contributed by atoms with Gasteiger partial charge in [-0.05, 0) is 54.8 Å². The number of hydrogen-bond acceptors (Lipinski definition) is 3. The summed E-state index contributed by atoms with van der Waals surface area (Å²) in [7, 11) is 0. The van der Waals surface area contributed by atoms with Gasteiger partial charge in [-0.25, -0.2) is 9.18 Å². The Morgan fingerprint density at radius 3 is 2.36 bits per heavy atom. The van der Waals surface area contributed by atoms with E-state index in [4.69, 9.17) is 4.42 Å². The molecular formula is C18H13FO3. The highest BCUT2D eigenvalue weighted by atomic mass is 19.1. The van der Waals surface area contributed by atoms with Crippen molar-refractivity contribution < 1.29 is 13.6 Å². The number of ketones is 1. The first-order chi connectivity index (χ1) is 10.5. The average molecular weight is 296 g/mol. The summed E-state index contributed by atoms with van der Waals surface area (Å²) in [6.07, 6.45) is 0. The fraction of sp³-hybridized carbons (Fsp3) is 0.111. The van der Waals surface area contributed by atoms with Crippen LogP contribution < -0.4 is 5.63 Å². The molecule has 0 amide bonds. The van der Waals surface area contributed by atoms with E-state index in [-0.39, 0.29) is 17.2 Å². The van der Waals surface area contributed by atoms with Crippen molar-refractivity contribution in [3.05, 3.63) is 69.8 Å². The lowest BCUT2D eigenvalue weighted by molar-refractivity contribution is 0.101. The third kappa shape index (κ3) is 2.44. The van der Waals surface area contributed by atoms with Gasteiger partial charge in [-0.15, -0.1) is 0 Å². The molecule has 0 spiro atoms. The normalized spacial score (nSPS) is 10.9. The van der Waals surface area contributed by atoms with Gasteiger partial charge in [0.15, 0.2) is 5.78 Å². The molecule has 3 rings (SSSR count). The minimum Gasteiger partial charge on any atom is -0.422 e. The molecular weight excluding hydrogens is 283 g/mol. The standard InChI is InChI=1S/C18H13FO3/c1-10-7-13(12-3-5-14(19)6-4-12)8-17-15(10)9-16(11(2)20)18(21)22-17/h3-9H,1-2H3. The maximum absolute atomic E-state index is 13.0. The van der Waals surface area contributed by atoms with Gasteiger partial charge in [-0.2, -0.15) is 0 Å². The van der Waals surface area contributed by atoms with E-state index in [1.54, 1.807) is 24.3 Å². The Morgan fingerprint density at radius 2 is 1.73 bits per heavy atom. The number of Topliss-reactive ketones (excluding diaryl/α,β-unsaturated/α-hetero) is 1. The van der Waals surface area contributed by atoms with Crippen molar-refractivity contribution >= 4 is 16.8 Å². The second-order valence-corrected chi connectivity index (χ2v) is 5.22. The van der Waals surface area contributed by atoms with Crippen molar-refractivity contribution in [2.24, 2.45) is 0 Å². The number of aryl methyl sites for hydroxylation is 1. The summed E-state index contributed by atoms with van der Waals surface area (Å²) in [5, 5.41) is 0.718. The molecule has 22 heavy (non-hydrogen) atoms. The lowest BCUT2D eigenvalue weighted by atomic mass is 9.99. The molecule has 0 unspecified atom stereocenters. The Kier molecular flexibility index (Phi) is 3.37. The van der Waals surface area contributed by atoms with E-state index in [0.717, 1.165) is 22.1 Å². The van der Waals surface area contributed by atoms with E-state index in [1.165, 1.54) is 19.1 Å². The van der Waals surface area contributed by atoms with Crippen LogP contribution in [0.4, 0.5) is 4.39 Å².